The molecule has 0 radical (unpaired) electrons. The van der Waals surface area contributed by atoms with Gasteiger partial charge in [-0.3, -0.25) is 9.36 Å². The Bertz CT molecular complexity index is 680. The minimum Gasteiger partial charge on any atom is -0.481 e. The van der Waals surface area contributed by atoms with Crippen LogP contribution in [0.3, 0.4) is 0 Å². The Morgan fingerprint density at radius 1 is 1.42 bits per heavy atom. The molecule has 5 heteroatoms. The summed E-state index contributed by atoms with van der Waals surface area (Å²) in [5.41, 5.74) is 1.34. The maximum Gasteiger partial charge on any atom is 0.330 e. The van der Waals surface area contributed by atoms with Crippen molar-refractivity contribution in [3.05, 3.63) is 52.7 Å². The molecule has 1 aliphatic rings. The number of hydrogen-bond donors (Lipinski definition) is 2. The quantitative estimate of drug-likeness (QED) is 0.876. The highest BCUT2D eigenvalue weighted by Crippen LogP contribution is 2.51. The Morgan fingerprint density at radius 3 is 2.79 bits per heavy atom. The molecule has 3 rings (SSSR count). The van der Waals surface area contributed by atoms with Gasteiger partial charge in [0.05, 0.1) is 12.1 Å². The number of nitrogens with zero attached hydrogens (tertiary/aromatic N) is 1. The highest BCUT2D eigenvalue weighted by molar-refractivity contribution is 5.70. The van der Waals surface area contributed by atoms with Crippen molar-refractivity contribution in [3.63, 3.8) is 0 Å². The van der Waals surface area contributed by atoms with E-state index in [2.05, 4.69) is 4.98 Å². The van der Waals surface area contributed by atoms with Crippen LogP contribution in [-0.4, -0.2) is 20.6 Å². The Labute approximate surface area is 109 Å². The van der Waals surface area contributed by atoms with Crippen molar-refractivity contribution in [2.45, 2.75) is 24.7 Å². The Balaban J connectivity index is 2.00. The molecule has 0 spiro atoms. The largest absolute Gasteiger partial charge is 0.481 e. The first-order valence-electron chi connectivity index (χ1n) is 6.19. The zero-order valence-corrected chi connectivity index (χ0v) is 10.3. The molecule has 1 heterocycles. The number of aliphatic carboxylic acids is 1. The minimum absolute atomic E-state index is 0.151. The van der Waals surface area contributed by atoms with Crippen LogP contribution < -0.4 is 5.69 Å². The van der Waals surface area contributed by atoms with Crippen LogP contribution in [0.4, 0.5) is 0 Å². The van der Waals surface area contributed by atoms with Crippen LogP contribution in [0.25, 0.3) is 5.69 Å². The molecule has 5 nitrogen and oxygen atoms in total. The van der Waals surface area contributed by atoms with Gasteiger partial charge in [-0.25, -0.2) is 4.79 Å². The minimum atomic E-state index is -0.776. The molecule has 1 fully saturated rings. The topological polar surface area (TPSA) is 75.1 Å². The second-order valence-corrected chi connectivity index (χ2v) is 5.04. The van der Waals surface area contributed by atoms with Crippen molar-refractivity contribution in [1.82, 2.24) is 9.55 Å². The van der Waals surface area contributed by atoms with Crippen LogP contribution in [-0.2, 0) is 10.2 Å². The summed E-state index contributed by atoms with van der Waals surface area (Å²) < 4.78 is 1.51. The number of aromatic amines is 1. The van der Waals surface area contributed by atoms with Gasteiger partial charge < -0.3 is 10.1 Å². The first-order chi connectivity index (χ1) is 9.11. The van der Waals surface area contributed by atoms with E-state index in [1.54, 1.807) is 12.4 Å². The van der Waals surface area contributed by atoms with Gasteiger partial charge in [-0.2, -0.15) is 0 Å². The second-order valence-electron chi connectivity index (χ2n) is 5.04. The summed E-state index contributed by atoms with van der Waals surface area (Å²) in [6.07, 6.45) is 5.19. The predicted molar refractivity (Wildman–Crippen MR) is 69.6 cm³/mol. The first kappa shape index (κ1) is 11.8. The van der Waals surface area contributed by atoms with Gasteiger partial charge in [0.25, 0.3) is 0 Å². The van der Waals surface area contributed by atoms with Crippen LogP contribution in [0.15, 0.2) is 41.5 Å². The third-order valence-corrected chi connectivity index (χ3v) is 3.73. The van der Waals surface area contributed by atoms with Gasteiger partial charge in [-0.1, -0.05) is 12.1 Å². The summed E-state index contributed by atoms with van der Waals surface area (Å²) in [7, 11) is 0. The van der Waals surface area contributed by atoms with E-state index in [1.165, 1.54) is 4.57 Å². The standard InChI is InChI=1S/C14H14N2O3/c17-12(18)9-14(4-5-14)10-2-1-3-11(8-10)16-7-6-15-13(16)19/h1-3,6-8H,4-5,9H2,(H,15,19)(H,17,18). The molecule has 0 saturated heterocycles. The number of aromatic nitrogens is 2. The first-order valence-corrected chi connectivity index (χ1v) is 6.19. The molecule has 1 saturated carbocycles. The Morgan fingerprint density at radius 2 is 2.21 bits per heavy atom. The lowest BCUT2D eigenvalue weighted by Gasteiger charge is -2.14. The molecule has 0 atom stereocenters. The van der Waals surface area contributed by atoms with Gasteiger partial charge in [0.1, 0.15) is 0 Å². The monoisotopic (exact) mass is 258 g/mol. The zero-order chi connectivity index (χ0) is 13.5. The van der Waals surface area contributed by atoms with Gasteiger partial charge in [-0.05, 0) is 30.5 Å². The van der Waals surface area contributed by atoms with Crippen LogP contribution in [0, 0.1) is 0 Å². The number of H-pyrrole nitrogens is 1. The van der Waals surface area contributed by atoms with Gasteiger partial charge in [0.2, 0.25) is 0 Å². The van der Waals surface area contributed by atoms with E-state index in [9.17, 15) is 9.59 Å². The maximum atomic E-state index is 11.6. The van der Waals surface area contributed by atoms with Crippen molar-refractivity contribution in [2.24, 2.45) is 0 Å². The van der Waals surface area contributed by atoms with Crippen molar-refractivity contribution in [2.75, 3.05) is 0 Å². The number of carbonyl (C=O) groups is 1. The SMILES string of the molecule is O=C(O)CC1(c2cccc(-n3cc[nH]c3=O)c2)CC1. The van der Waals surface area contributed by atoms with E-state index in [1.807, 2.05) is 24.3 Å². The maximum absolute atomic E-state index is 11.6. The number of rotatable bonds is 4. The van der Waals surface area contributed by atoms with E-state index in [0.717, 1.165) is 24.1 Å². The molecular formula is C14H14N2O3. The number of nitrogens with one attached hydrogen (secondary N) is 1. The summed E-state index contributed by atoms with van der Waals surface area (Å²) in [6.45, 7) is 0. The van der Waals surface area contributed by atoms with Crippen molar-refractivity contribution in [3.8, 4) is 5.69 Å². The third kappa shape index (κ3) is 2.07. The molecule has 98 valence electrons. The zero-order valence-electron chi connectivity index (χ0n) is 10.3. The average Bonchev–Trinajstić information content (AvgIpc) is 3.02. The lowest BCUT2D eigenvalue weighted by molar-refractivity contribution is -0.137. The number of carboxylic acids is 1. The lowest BCUT2D eigenvalue weighted by Crippen LogP contribution is -2.16. The van der Waals surface area contributed by atoms with Crippen LogP contribution in [0.5, 0.6) is 0 Å². The van der Waals surface area contributed by atoms with Gasteiger partial charge in [-0.15, -0.1) is 0 Å². The third-order valence-electron chi connectivity index (χ3n) is 3.73. The van der Waals surface area contributed by atoms with Crippen LogP contribution in [0.2, 0.25) is 0 Å². The molecule has 2 aromatic rings. The van der Waals surface area contributed by atoms with Crippen LogP contribution in [0.1, 0.15) is 24.8 Å². The molecule has 1 aromatic carbocycles. The average molecular weight is 258 g/mol. The summed E-state index contributed by atoms with van der Waals surface area (Å²) in [5.74, 6) is -0.776. The Hall–Kier alpha value is -2.30. The molecule has 0 unspecified atom stereocenters. The van der Waals surface area contributed by atoms with Gasteiger partial charge in [0.15, 0.2) is 0 Å². The molecule has 1 aromatic heterocycles. The predicted octanol–water partition coefficient (Wildman–Crippen LogP) is 1.67. The van der Waals surface area contributed by atoms with Crippen molar-refractivity contribution in [1.29, 1.82) is 0 Å². The van der Waals surface area contributed by atoms with Gasteiger partial charge in [0, 0.05) is 17.8 Å². The molecular weight excluding hydrogens is 244 g/mol. The number of carboxylic acid groups (broad SMARTS) is 1. The molecule has 19 heavy (non-hydrogen) atoms. The number of benzene rings is 1. The van der Waals surface area contributed by atoms with E-state index >= 15 is 0 Å². The second kappa shape index (κ2) is 4.12. The van der Waals surface area contributed by atoms with Crippen molar-refractivity contribution >= 4 is 5.97 Å². The van der Waals surface area contributed by atoms with E-state index in [-0.39, 0.29) is 17.5 Å². The summed E-state index contributed by atoms with van der Waals surface area (Å²) in [4.78, 5) is 25.1. The summed E-state index contributed by atoms with van der Waals surface area (Å²) in [6, 6.07) is 7.56. The van der Waals surface area contributed by atoms with Crippen LogP contribution >= 0.6 is 0 Å². The summed E-state index contributed by atoms with van der Waals surface area (Å²) >= 11 is 0. The Kier molecular flexibility index (Phi) is 2.55. The normalized spacial score (nSPS) is 16.2. The summed E-state index contributed by atoms with van der Waals surface area (Å²) in [5, 5.41) is 8.99. The smallest absolute Gasteiger partial charge is 0.330 e. The highest BCUT2D eigenvalue weighted by Gasteiger charge is 2.46. The highest BCUT2D eigenvalue weighted by atomic mass is 16.4. The fourth-order valence-electron chi connectivity index (χ4n) is 2.52. The fourth-order valence-corrected chi connectivity index (χ4v) is 2.52. The van der Waals surface area contributed by atoms with E-state index in [0.29, 0.717) is 0 Å². The lowest BCUT2D eigenvalue weighted by atomic mass is 9.92. The molecule has 1 aliphatic carbocycles. The molecule has 2 N–H and O–H groups in total. The van der Waals surface area contributed by atoms with E-state index < -0.39 is 5.97 Å². The number of imidazole rings is 1. The number of hydrogen-bond acceptors (Lipinski definition) is 2. The van der Waals surface area contributed by atoms with E-state index in [4.69, 9.17) is 5.11 Å². The fraction of sp³-hybridized carbons (Fsp3) is 0.286. The van der Waals surface area contributed by atoms with Gasteiger partial charge >= 0.3 is 11.7 Å². The van der Waals surface area contributed by atoms with Crippen molar-refractivity contribution < 1.29 is 9.90 Å². The molecule has 0 amide bonds. The molecule has 0 aliphatic heterocycles. The molecule has 0 bridgehead atoms.